The van der Waals surface area contributed by atoms with Crippen molar-refractivity contribution in [3.63, 3.8) is 0 Å². The van der Waals surface area contributed by atoms with E-state index >= 15 is 0 Å². The van der Waals surface area contributed by atoms with Gasteiger partial charge in [-0.25, -0.2) is 0 Å². The molecule has 0 unspecified atom stereocenters. The fourth-order valence-corrected chi connectivity index (χ4v) is 1.93. The molecule has 0 aromatic rings. The summed E-state index contributed by atoms with van der Waals surface area (Å²) in [7, 11) is 4.10. The first kappa shape index (κ1) is 12.7. The Hall–Kier alpha value is -0.350. The standard InChI is InChI=1S/C11H21NO2S/c1-12(2)8-5-9-13-11(15)14-10-6-3-4-7-10/h10H,3-9H2,1-2H3. The largest absolute Gasteiger partial charge is 0.457 e. The zero-order valence-corrected chi connectivity index (χ0v) is 10.5. The summed E-state index contributed by atoms with van der Waals surface area (Å²) in [4.78, 5) is 2.13. The minimum absolute atomic E-state index is 0.311. The molecule has 0 radical (unpaired) electrons. The van der Waals surface area contributed by atoms with Gasteiger partial charge in [0.05, 0.1) is 6.61 Å². The molecule has 0 spiro atoms. The fourth-order valence-electron chi connectivity index (χ4n) is 1.71. The van der Waals surface area contributed by atoms with Gasteiger partial charge in [-0.1, -0.05) is 0 Å². The van der Waals surface area contributed by atoms with E-state index in [1.807, 2.05) is 14.1 Å². The molecule has 0 N–H and O–H groups in total. The lowest BCUT2D eigenvalue weighted by molar-refractivity contribution is 0.119. The predicted molar refractivity (Wildman–Crippen MR) is 65.1 cm³/mol. The molecule has 1 aliphatic carbocycles. The molecule has 1 fully saturated rings. The van der Waals surface area contributed by atoms with E-state index in [4.69, 9.17) is 21.7 Å². The molecule has 1 rings (SSSR count). The monoisotopic (exact) mass is 231 g/mol. The minimum Gasteiger partial charge on any atom is -0.457 e. The SMILES string of the molecule is CN(C)CCCOC(=S)OC1CCCC1. The van der Waals surface area contributed by atoms with E-state index in [0.29, 0.717) is 17.9 Å². The van der Waals surface area contributed by atoms with Crippen molar-refractivity contribution in [1.29, 1.82) is 0 Å². The number of ether oxygens (including phenoxy) is 2. The van der Waals surface area contributed by atoms with Crippen molar-refractivity contribution in [1.82, 2.24) is 4.90 Å². The summed E-state index contributed by atoms with van der Waals surface area (Å²) in [6.45, 7) is 1.68. The lowest BCUT2D eigenvalue weighted by Gasteiger charge is -2.14. The zero-order valence-electron chi connectivity index (χ0n) is 9.70. The van der Waals surface area contributed by atoms with E-state index in [0.717, 1.165) is 25.8 Å². The molecule has 4 heteroatoms. The molecule has 0 aromatic heterocycles. The normalized spacial score (nSPS) is 17.0. The van der Waals surface area contributed by atoms with E-state index in [9.17, 15) is 0 Å². The van der Waals surface area contributed by atoms with Crippen LogP contribution in [-0.4, -0.2) is 43.5 Å². The van der Waals surface area contributed by atoms with Crippen molar-refractivity contribution in [3.8, 4) is 0 Å². The molecule has 0 aromatic carbocycles. The maximum absolute atomic E-state index is 5.51. The maximum Gasteiger partial charge on any atom is 0.352 e. The number of hydrogen-bond acceptors (Lipinski definition) is 4. The summed E-state index contributed by atoms with van der Waals surface area (Å²) in [5.74, 6) is 0. The molecule has 0 bridgehead atoms. The summed E-state index contributed by atoms with van der Waals surface area (Å²) < 4.78 is 10.9. The van der Waals surface area contributed by atoms with Gasteiger partial charge in [-0.15, -0.1) is 0 Å². The van der Waals surface area contributed by atoms with Crippen LogP contribution in [-0.2, 0) is 9.47 Å². The molecule has 0 saturated heterocycles. The van der Waals surface area contributed by atoms with Gasteiger partial charge in [-0.2, -0.15) is 0 Å². The Morgan fingerprint density at radius 3 is 2.60 bits per heavy atom. The van der Waals surface area contributed by atoms with Crippen molar-refractivity contribution in [2.75, 3.05) is 27.2 Å². The van der Waals surface area contributed by atoms with Crippen LogP contribution < -0.4 is 0 Å². The van der Waals surface area contributed by atoms with Crippen molar-refractivity contribution in [2.24, 2.45) is 0 Å². The van der Waals surface area contributed by atoms with Crippen LogP contribution in [0, 0.1) is 0 Å². The molecule has 0 atom stereocenters. The molecular formula is C11H21NO2S. The van der Waals surface area contributed by atoms with E-state index < -0.39 is 0 Å². The van der Waals surface area contributed by atoms with Gasteiger partial charge in [-0.3, -0.25) is 0 Å². The van der Waals surface area contributed by atoms with E-state index in [-0.39, 0.29) is 0 Å². The highest BCUT2D eigenvalue weighted by molar-refractivity contribution is 7.79. The second-order valence-electron chi connectivity index (χ2n) is 4.28. The van der Waals surface area contributed by atoms with E-state index in [2.05, 4.69) is 4.90 Å². The second-order valence-corrected chi connectivity index (χ2v) is 4.61. The second kappa shape index (κ2) is 7.01. The lowest BCUT2D eigenvalue weighted by atomic mass is 10.3. The minimum atomic E-state index is 0.311. The summed E-state index contributed by atoms with van der Waals surface area (Å²) in [6.07, 6.45) is 6.07. The highest BCUT2D eigenvalue weighted by atomic mass is 32.1. The molecule has 3 nitrogen and oxygen atoms in total. The first-order valence-electron chi connectivity index (χ1n) is 5.66. The van der Waals surface area contributed by atoms with Crippen LogP contribution in [0.25, 0.3) is 0 Å². The van der Waals surface area contributed by atoms with Crippen LogP contribution >= 0.6 is 12.2 Å². The van der Waals surface area contributed by atoms with Crippen LogP contribution in [0.1, 0.15) is 32.1 Å². The van der Waals surface area contributed by atoms with Gasteiger partial charge in [0, 0.05) is 18.8 Å². The average molecular weight is 231 g/mol. The Morgan fingerprint density at radius 2 is 2.00 bits per heavy atom. The fraction of sp³-hybridized carbons (Fsp3) is 0.909. The number of hydrogen-bond donors (Lipinski definition) is 0. The molecule has 0 aliphatic heterocycles. The number of rotatable bonds is 5. The molecule has 0 amide bonds. The molecular weight excluding hydrogens is 210 g/mol. The van der Waals surface area contributed by atoms with Crippen molar-refractivity contribution < 1.29 is 9.47 Å². The summed E-state index contributed by atoms with van der Waals surface area (Å²) in [5.41, 5.74) is 0. The third-order valence-electron chi connectivity index (χ3n) is 2.53. The van der Waals surface area contributed by atoms with Gasteiger partial charge in [0.2, 0.25) is 0 Å². The third-order valence-corrected chi connectivity index (χ3v) is 2.75. The van der Waals surface area contributed by atoms with Crippen molar-refractivity contribution >= 4 is 17.5 Å². The zero-order chi connectivity index (χ0) is 11.1. The summed E-state index contributed by atoms with van der Waals surface area (Å²) >= 11 is 5.01. The van der Waals surface area contributed by atoms with Gasteiger partial charge >= 0.3 is 5.24 Å². The Labute approximate surface area is 97.7 Å². The third kappa shape index (κ3) is 5.95. The highest BCUT2D eigenvalue weighted by Gasteiger charge is 2.17. The Bertz CT molecular complexity index is 191. The van der Waals surface area contributed by atoms with Crippen molar-refractivity contribution in [3.05, 3.63) is 0 Å². The van der Waals surface area contributed by atoms with E-state index in [1.54, 1.807) is 0 Å². The molecule has 15 heavy (non-hydrogen) atoms. The van der Waals surface area contributed by atoms with Crippen LogP contribution in [0.3, 0.4) is 0 Å². The smallest absolute Gasteiger partial charge is 0.352 e. The highest BCUT2D eigenvalue weighted by Crippen LogP contribution is 2.21. The van der Waals surface area contributed by atoms with Gasteiger partial charge < -0.3 is 14.4 Å². The van der Waals surface area contributed by atoms with Crippen LogP contribution in [0.15, 0.2) is 0 Å². The summed E-state index contributed by atoms with van der Waals surface area (Å²) in [6, 6.07) is 0. The molecule has 88 valence electrons. The van der Waals surface area contributed by atoms with Crippen LogP contribution in [0.2, 0.25) is 0 Å². The van der Waals surface area contributed by atoms with Gasteiger partial charge in [0.1, 0.15) is 6.10 Å². The van der Waals surface area contributed by atoms with Gasteiger partial charge in [0.15, 0.2) is 0 Å². The van der Waals surface area contributed by atoms with Crippen molar-refractivity contribution in [2.45, 2.75) is 38.2 Å². The maximum atomic E-state index is 5.51. The summed E-state index contributed by atoms with van der Waals surface area (Å²) in [5, 5.41) is 0.334. The Balaban J connectivity index is 1.98. The van der Waals surface area contributed by atoms with E-state index in [1.165, 1.54) is 12.8 Å². The molecule has 1 aliphatic rings. The number of nitrogens with zero attached hydrogens (tertiary/aromatic N) is 1. The lowest BCUT2D eigenvalue weighted by Crippen LogP contribution is -2.19. The Kier molecular flexibility index (Phi) is 5.95. The average Bonchev–Trinajstić information content (AvgIpc) is 2.64. The quantitative estimate of drug-likeness (QED) is 0.534. The molecule has 1 saturated carbocycles. The molecule has 0 heterocycles. The van der Waals surface area contributed by atoms with Gasteiger partial charge in [0.25, 0.3) is 0 Å². The topological polar surface area (TPSA) is 21.7 Å². The van der Waals surface area contributed by atoms with Gasteiger partial charge in [-0.05, 0) is 46.2 Å². The van der Waals surface area contributed by atoms with Crippen LogP contribution in [0.5, 0.6) is 0 Å². The first-order chi connectivity index (χ1) is 7.18. The first-order valence-corrected chi connectivity index (χ1v) is 6.07. The Morgan fingerprint density at radius 1 is 1.33 bits per heavy atom. The number of thiocarbonyl (C=S) groups is 1. The van der Waals surface area contributed by atoms with Crippen LogP contribution in [0.4, 0.5) is 0 Å². The predicted octanol–water partition coefficient (Wildman–Crippen LogP) is 2.20.